The summed E-state index contributed by atoms with van der Waals surface area (Å²) in [7, 11) is -4.08. The van der Waals surface area contributed by atoms with Crippen molar-refractivity contribution >= 4 is 21.5 Å². The molecule has 3 aromatic carbocycles. The third-order valence-electron chi connectivity index (χ3n) is 3.99. The molecule has 0 aliphatic rings. The molecule has 0 unspecified atom stereocenters. The molecule has 7 nitrogen and oxygen atoms in total. The minimum Gasteiger partial charge on any atom is -0.423 e. The topological polar surface area (TPSA) is 104 Å². The van der Waals surface area contributed by atoms with Gasteiger partial charge in [-0.1, -0.05) is 29.8 Å². The SMILES string of the molecule is Cc1ccc(OC(=O)c2ccccc2S(=O)(=O)c2ccc([N+](=O)[O-])cc2)cc1. The molecule has 8 heteroatoms. The van der Waals surface area contributed by atoms with Gasteiger partial charge in [-0.05, 0) is 43.3 Å². The van der Waals surface area contributed by atoms with Gasteiger partial charge in [0.1, 0.15) is 5.75 Å². The molecular weight excluding hydrogens is 382 g/mol. The zero-order valence-corrected chi connectivity index (χ0v) is 15.5. The van der Waals surface area contributed by atoms with Gasteiger partial charge in [0.25, 0.3) is 5.69 Å². The molecule has 0 amide bonds. The van der Waals surface area contributed by atoms with Crippen LogP contribution in [0.25, 0.3) is 0 Å². The summed E-state index contributed by atoms with van der Waals surface area (Å²) >= 11 is 0. The van der Waals surface area contributed by atoms with Gasteiger partial charge in [0, 0.05) is 12.1 Å². The standard InChI is InChI=1S/C20H15NO6S/c1-14-6-10-16(11-7-14)27-20(22)18-4-2-3-5-19(18)28(25,26)17-12-8-15(9-13-17)21(23)24/h2-13H,1H3. The van der Waals surface area contributed by atoms with Gasteiger partial charge in [-0.3, -0.25) is 10.1 Å². The van der Waals surface area contributed by atoms with Crippen molar-refractivity contribution in [3.63, 3.8) is 0 Å². The lowest BCUT2D eigenvalue weighted by molar-refractivity contribution is -0.384. The summed E-state index contributed by atoms with van der Waals surface area (Å²) in [5.41, 5.74) is 0.633. The molecule has 0 heterocycles. The summed E-state index contributed by atoms with van der Waals surface area (Å²) in [6.07, 6.45) is 0. The van der Waals surface area contributed by atoms with Crippen molar-refractivity contribution in [1.29, 1.82) is 0 Å². The Labute approximate surface area is 161 Å². The first kappa shape index (κ1) is 19.2. The summed E-state index contributed by atoms with van der Waals surface area (Å²) in [4.78, 5) is 22.3. The smallest absolute Gasteiger partial charge is 0.344 e. The highest BCUT2D eigenvalue weighted by Crippen LogP contribution is 2.26. The second kappa shape index (κ2) is 7.61. The Morgan fingerprint density at radius 1 is 0.929 bits per heavy atom. The number of carbonyl (C=O) groups is 1. The van der Waals surface area contributed by atoms with Crippen LogP contribution in [0.5, 0.6) is 5.75 Å². The Kier molecular flexibility index (Phi) is 5.23. The van der Waals surface area contributed by atoms with E-state index < -0.39 is 20.7 Å². The number of benzene rings is 3. The van der Waals surface area contributed by atoms with Crippen LogP contribution >= 0.6 is 0 Å². The number of non-ortho nitro benzene ring substituents is 1. The average molecular weight is 397 g/mol. The molecule has 0 aliphatic carbocycles. The van der Waals surface area contributed by atoms with Gasteiger partial charge in [0.05, 0.1) is 20.3 Å². The van der Waals surface area contributed by atoms with Crippen molar-refractivity contribution in [3.8, 4) is 5.75 Å². The van der Waals surface area contributed by atoms with Gasteiger partial charge in [-0.2, -0.15) is 0 Å². The highest BCUT2D eigenvalue weighted by Gasteiger charge is 2.25. The van der Waals surface area contributed by atoms with Crippen LogP contribution in [0.4, 0.5) is 5.69 Å². The summed E-state index contributed by atoms with van der Waals surface area (Å²) in [6.45, 7) is 1.89. The van der Waals surface area contributed by atoms with Gasteiger partial charge >= 0.3 is 5.97 Å². The second-order valence-electron chi connectivity index (χ2n) is 5.95. The Morgan fingerprint density at radius 2 is 1.54 bits per heavy atom. The van der Waals surface area contributed by atoms with Crippen molar-refractivity contribution in [1.82, 2.24) is 0 Å². The highest BCUT2D eigenvalue weighted by atomic mass is 32.2. The van der Waals surface area contributed by atoms with Crippen LogP contribution in [0.2, 0.25) is 0 Å². The fourth-order valence-corrected chi connectivity index (χ4v) is 3.96. The molecule has 0 saturated carbocycles. The molecule has 0 atom stereocenters. The first-order valence-corrected chi connectivity index (χ1v) is 9.65. The van der Waals surface area contributed by atoms with E-state index in [0.29, 0.717) is 0 Å². The first-order valence-electron chi connectivity index (χ1n) is 8.16. The number of esters is 1. The molecule has 142 valence electrons. The summed E-state index contributed by atoms with van der Waals surface area (Å²) in [5.74, 6) is -0.525. The van der Waals surface area contributed by atoms with Gasteiger partial charge in [0.15, 0.2) is 0 Å². The average Bonchev–Trinajstić information content (AvgIpc) is 2.69. The van der Waals surface area contributed by atoms with Crippen LogP contribution < -0.4 is 4.74 Å². The van der Waals surface area contributed by atoms with Gasteiger partial charge in [-0.25, -0.2) is 13.2 Å². The number of ether oxygens (including phenoxy) is 1. The third-order valence-corrected chi connectivity index (χ3v) is 5.81. The molecule has 0 aliphatic heterocycles. The Bertz CT molecular complexity index is 1140. The van der Waals surface area contributed by atoms with Crippen LogP contribution in [0, 0.1) is 17.0 Å². The lowest BCUT2D eigenvalue weighted by atomic mass is 10.2. The molecule has 0 aromatic heterocycles. The number of carbonyl (C=O) groups excluding carboxylic acids is 1. The summed E-state index contributed by atoms with van der Waals surface area (Å²) < 4.78 is 31.2. The molecule has 0 spiro atoms. The van der Waals surface area contributed by atoms with Crippen LogP contribution in [-0.4, -0.2) is 19.3 Å². The third kappa shape index (κ3) is 3.91. The van der Waals surface area contributed by atoms with Gasteiger partial charge < -0.3 is 4.74 Å². The number of nitro groups is 1. The van der Waals surface area contributed by atoms with Crippen molar-refractivity contribution in [2.24, 2.45) is 0 Å². The minimum atomic E-state index is -4.08. The number of nitrogens with zero attached hydrogens (tertiary/aromatic N) is 1. The predicted molar refractivity (Wildman–Crippen MR) is 101 cm³/mol. The molecule has 0 bridgehead atoms. The van der Waals surface area contributed by atoms with Crippen molar-refractivity contribution in [2.45, 2.75) is 16.7 Å². The molecular formula is C20H15NO6S. The molecule has 3 rings (SSSR count). The number of hydrogen-bond donors (Lipinski definition) is 0. The zero-order valence-electron chi connectivity index (χ0n) is 14.7. The van der Waals surface area contributed by atoms with Crippen LogP contribution in [0.15, 0.2) is 82.6 Å². The molecule has 28 heavy (non-hydrogen) atoms. The monoisotopic (exact) mass is 397 g/mol. The van der Waals surface area contributed by atoms with Crippen molar-refractivity contribution < 1.29 is 22.9 Å². The lowest BCUT2D eigenvalue weighted by Crippen LogP contribution is -2.14. The number of rotatable bonds is 5. The van der Waals surface area contributed by atoms with E-state index in [0.717, 1.165) is 29.8 Å². The zero-order chi connectivity index (χ0) is 20.3. The maximum atomic E-state index is 13.0. The second-order valence-corrected chi connectivity index (χ2v) is 7.87. The van der Waals surface area contributed by atoms with Crippen LogP contribution in [0.3, 0.4) is 0 Å². The number of aryl methyl sites for hydroxylation is 1. The quantitative estimate of drug-likeness (QED) is 0.279. The van der Waals surface area contributed by atoms with E-state index in [2.05, 4.69) is 0 Å². The maximum absolute atomic E-state index is 13.0. The molecule has 0 radical (unpaired) electrons. The predicted octanol–water partition coefficient (Wildman–Crippen LogP) is 3.96. The number of hydrogen-bond acceptors (Lipinski definition) is 6. The maximum Gasteiger partial charge on any atom is 0.344 e. The van der Waals surface area contributed by atoms with E-state index in [1.54, 1.807) is 24.3 Å². The Morgan fingerprint density at radius 3 is 2.14 bits per heavy atom. The summed E-state index contributed by atoms with van der Waals surface area (Å²) in [5, 5.41) is 10.8. The number of sulfone groups is 1. The van der Waals surface area contributed by atoms with E-state index in [4.69, 9.17) is 4.74 Å². The Hall–Kier alpha value is -3.52. The first-order chi connectivity index (χ1) is 13.3. The van der Waals surface area contributed by atoms with Crippen LogP contribution in [-0.2, 0) is 9.84 Å². The van der Waals surface area contributed by atoms with E-state index in [9.17, 15) is 23.3 Å². The molecule has 0 saturated heterocycles. The van der Waals surface area contributed by atoms with E-state index in [1.165, 1.54) is 24.3 Å². The fraction of sp³-hybridized carbons (Fsp3) is 0.0500. The number of nitro benzene ring substituents is 1. The van der Waals surface area contributed by atoms with E-state index in [-0.39, 0.29) is 26.8 Å². The van der Waals surface area contributed by atoms with Crippen molar-refractivity contribution in [2.75, 3.05) is 0 Å². The largest absolute Gasteiger partial charge is 0.423 e. The molecule has 3 aromatic rings. The minimum absolute atomic E-state index is 0.124. The van der Waals surface area contributed by atoms with Crippen molar-refractivity contribution in [3.05, 3.63) is 94.0 Å². The van der Waals surface area contributed by atoms with Gasteiger partial charge in [-0.15, -0.1) is 0 Å². The Balaban J connectivity index is 1.97. The summed E-state index contributed by atoms with van der Waals surface area (Å²) in [6, 6.07) is 16.9. The van der Waals surface area contributed by atoms with Gasteiger partial charge in [0.2, 0.25) is 9.84 Å². The molecule has 0 fully saturated rings. The normalized spacial score (nSPS) is 11.0. The lowest BCUT2D eigenvalue weighted by Gasteiger charge is -2.10. The fourth-order valence-electron chi connectivity index (χ4n) is 2.51. The van der Waals surface area contributed by atoms with Crippen LogP contribution in [0.1, 0.15) is 15.9 Å². The molecule has 0 N–H and O–H groups in total. The van der Waals surface area contributed by atoms with E-state index in [1.807, 2.05) is 6.92 Å². The van der Waals surface area contributed by atoms with E-state index >= 15 is 0 Å². The highest BCUT2D eigenvalue weighted by molar-refractivity contribution is 7.91.